The molecule has 1 aromatic carbocycles. The number of methoxy groups -OCH3 is 2. The van der Waals surface area contributed by atoms with E-state index in [1.54, 1.807) is 18.3 Å². The van der Waals surface area contributed by atoms with Crippen LogP contribution in [0.5, 0.6) is 11.5 Å². The summed E-state index contributed by atoms with van der Waals surface area (Å²) in [5, 5.41) is 3.25. The maximum atomic E-state index is 12.6. The van der Waals surface area contributed by atoms with E-state index in [0.29, 0.717) is 28.6 Å². The van der Waals surface area contributed by atoms with Gasteiger partial charge in [0.15, 0.2) is 11.5 Å². The van der Waals surface area contributed by atoms with E-state index in [1.165, 1.54) is 14.2 Å². The minimum Gasteiger partial charge on any atom is -0.493 e. The summed E-state index contributed by atoms with van der Waals surface area (Å²) in [4.78, 5) is 21.6. The number of amides is 1. The van der Waals surface area contributed by atoms with E-state index in [0.717, 1.165) is 37.6 Å². The van der Waals surface area contributed by atoms with Crippen molar-refractivity contribution in [3.63, 3.8) is 0 Å². The van der Waals surface area contributed by atoms with Gasteiger partial charge in [-0.25, -0.2) is 4.98 Å². The lowest BCUT2D eigenvalue weighted by Gasteiger charge is -2.33. The van der Waals surface area contributed by atoms with Crippen LogP contribution in [0.15, 0.2) is 30.5 Å². The molecule has 0 saturated carbocycles. The SMILES string of the molecule is COc1cc(C(=O)NCc2ccnc(N3CCN(C)CC3)c2)cc(Cl)c1OC. The number of pyridine rings is 1. The summed E-state index contributed by atoms with van der Waals surface area (Å²) in [5.41, 5.74) is 1.40. The smallest absolute Gasteiger partial charge is 0.251 e. The number of carbonyl (C=O) groups is 1. The standard InChI is InChI=1S/C20H25ClN4O3/c1-24-6-8-25(9-7-24)18-10-14(4-5-22-18)13-23-20(26)15-11-16(21)19(28-3)17(12-15)27-2/h4-5,10-12H,6-9,13H2,1-3H3,(H,23,26). The van der Waals surface area contributed by atoms with Gasteiger partial charge in [0.1, 0.15) is 5.82 Å². The van der Waals surface area contributed by atoms with Crippen molar-refractivity contribution in [1.82, 2.24) is 15.2 Å². The molecule has 1 N–H and O–H groups in total. The van der Waals surface area contributed by atoms with Gasteiger partial charge in [-0.05, 0) is 36.9 Å². The summed E-state index contributed by atoms with van der Waals surface area (Å²) in [6.07, 6.45) is 1.78. The Labute approximate surface area is 170 Å². The first kappa shape index (κ1) is 20.2. The molecule has 7 nitrogen and oxygen atoms in total. The van der Waals surface area contributed by atoms with Crippen molar-refractivity contribution in [2.24, 2.45) is 0 Å². The summed E-state index contributed by atoms with van der Waals surface area (Å²) in [6, 6.07) is 7.11. The average molecular weight is 405 g/mol. The number of hydrogen-bond donors (Lipinski definition) is 1. The lowest BCUT2D eigenvalue weighted by atomic mass is 10.1. The van der Waals surface area contributed by atoms with Crippen molar-refractivity contribution in [2.45, 2.75) is 6.54 Å². The second kappa shape index (κ2) is 9.12. The van der Waals surface area contributed by atoms with Gasteiger partial charge >= 0.3 is 0 Å². The maximum absolute atomic E-state index is 12.6. The molecule has 1 amide bonds. The molecule has 3 rings (SSSR count). The Bertz CT molecular complexity index is 838. The topological polar surface area (TPSA) is 66.9 Å². The predicted molar refractivity (Wildman–Crippen MR) is 110 cm³/mol. The number of carbonyl (C=O) groups excluding carboxylic acids is 1. The Hall–Kier alpha value is -2.51. The van der Waals surface area contributed by atoms with Crippen LogP contribution in [0, 0.1) is 0 Å². The van der Waals surface area contributed by atoms with E-state index in [1.807, 2.05) is 12.1 Å². The number of benzene rings is 1. The van der Waals surface area contributed by atoms with Crippen LogP contribution in [0.4, 0.5) is 5.82 Å². The lowest BCUT2D eigenvalue weighted by Crippen LogP contribution is -2.44. The van der Waals surface area contributed by atoms with Gasteiger partial charge in [-0.3, -0.25) is 4.79 Å². The molecule has 1 aromatic heterocycles. The van der Waals surface area contributed by atoms with Gasteiger partial charge in [0.05, 0.1) is 19.2 Å². The quantitative estimate of drug-likeness (QED) is 0.797. The minimum atomic E-state index is -0.235. The fourth-order valence-electron chi connectivity index (χ4n) is 3.11. The molecule has 0 atom stereocenters. The number of nitrogens with zero attached hydrogens (tertiary/aromatic N) is 3. The molecule has 8 heteroatoms. The Morgan fingerprint density at radius 3 is 2.61 bits per heavy atom. The van der Waals surface area contributed by atoms with Gasteiger partial charge in [0.25, 0.3) is 5.91 Å². The summed E-state index contributed by atoms with van der Waals surface area (Å²) >= 11 is 6.19. The van der Waals surface area contributed by atoms with E-state index in [4.69, 9.17) is 21.1 Å². The highest BCUT2D eigenvalue weighted by Gasteiger charge is 2.17. The third kappa shape index (κ3) is 4.66. The first-order chi connectivity index (χ1) is 13.5. The van der Waals surface area contributed by atoms with Crippen LogP contribution in [0.1, 0.15) is 15.9 Å². The molecule has 1 fully saturated rings. The molecule has 1 saturated heterocycles. The van der Waals surface area contributed by atoms with E-state index in [2.05, 4.69) is 27.1 Å². The van der Waals surface area contributed by atoms with Crippen LogP contribution in [0.2, 0.25) is 5.02 Å². The summed E-state index contributed by atoms with van der Waals surface area (Å²) in [7, 11) is 5.13. The van der Waals surface area contributed by atoms with Gasteiger partial charge in [0.2, 0.25) is 0 Å². The zero-order valence-electron chi connectivity index (χ0n) is 16.4. The number of aromatic nitrogens is 1. The molecular weight excluding hydrogens is 380 g/mol. The second-order valence-corrected chi connectivity index (χ2v) is 7.10. The maximum Gasteiger partial charge on any atom is 0.251 e. The number of hydrogen-bond acceptors (Lipinski definition) is 6. The molecule has 0 spiro atoms. The predicted octanol–water partition coefficient (Wildman–Crippen LogP) is 2.43. The van der Waals surface area contributed by atoms with Gasteiger partial charge in [-0.15, -0.1) is 0 Å². The van der Waals surface area contributed by atoms with Gasteiger partial charge in [-0.2, -0.15) is 0 Å². The van der Waals surface area contributed by atoms with Crippen molar-refractivity contribution in [3.8, 4) is 11.5 Å². The Kier molecular flexibility index (Phi) is 6.59. The Morgan fingerprint density at radius 1 is 1.18 bits per heavy atom. The van der Waals surface area contributed by atoms with E-state index >= 15 is 0 Å². The van der Waals surface area contributed by atoms with Gasteiger partial charge in [-0.1, -0.05) is 11.6 Å². The molecule has 28 heavy (non-hydrogen) atoms. The number of halogens is 1. The van der Waals surface area contributed by atoms with Crippen LogP contribution < -0.4 is 19.7 Å². The van der Waals surface area contributed by atoms with Crippen LogP contribution in [-0.4, -0.2) is 63.2 Å². The fourth-order valence-corrected chi connectivity index (χ4v) is 3.40. The van der Waals surface area contributed by atoms with Crippen molar-refractivity contribution >= 4 is 23.3 Å². The fraction of sp³-hybridized carbons (Fsp3) is 0.400. The third-order valence-electron chi connectivity index (χ3n) is 4.79. The number of rotatable bonds is 6. The molecular formula is C20H25ClN4O3. The molecule has 2 heterocycles. The van der Waals surface area contributed by atoms with E-state index in [-0.39, 0.29) is 5.91 Å². The van der Waals surface area contributed by atoms with E-state index in [9.17, 15) is 4.79 Å². The molecule has 0 bridgehead atoms. The number of ether oxygens (including phenoxy) is 2. The second-order valence-electron chi connectivity index (χ2n) is 6.69. The molecule has 0 radical (unpaired) electrons. The van der Waals surface area contributed by atoms with Crippen LogP contribution in [-0.2, 0) is 6.54 Å². The van der Waals surface area contributed by atoms with Crippen molar-refractivity contribution < 1.29 is 14.3 Å². The minimum absolute atomic E-state index is 0.235. The highest BCUT2D eigenvalue weighted by atomic mass is 35.5. The number of piperazine rings is 1. The van der Waals surface area contributed by atoms with Gasteiger partial charge in [0, 0.05) is 44.5 Å². The molecule has 150 valence electrons. The summed E-state index contributed by atoms with van der Waals surface area (Å²) in [5.74, 6) is 1.53. The monoisotopic (exact) mass is 404 g/mol. The normalized spacial score (nSPS) is 14.6. The first-order valence-corrected chi connectivity index (χ1v) is 9.47. The zero-order valence-corrected chi connectivity index (χ0v) is 17.1. The summed E-state index contributed by atoms with van der Waals surface area (Å²) in [6.45, 7) is 4.33. The first-order valence-electron chi connectivity index (χ1n) is 9.10. The van der Waals surface area contributed by atoms with E-state index < -0.39 is 0 Å². The molecule has 0 unspecified atom stereocenters. The highest BCUT2D eigenvalue weighted by molar-refractivity contribution is 6.32. The number of anilines is 1. The number of nitrogens with one attached hydrogen (secondary N) is 1. The highest BCUT2D eigenvalue weighted by Crippen LogP contribution is 2.36. The van der Waals surface area contributed by atoms with Crippen LogP contribution >= 0.6 is 11.6 Å². The molecule has 1 aliphatic rings. The van der Waals surface area contributed by atoms with Gasteiger partial charge < -0.3 is 24.6 Å². The van der Waals surface area contributed by atoms with Crippen LogP contribution in [0.3, 0.4) is 0 Å². The molecule has 1 aliphatic heterocycles. The zero-order chi connectivity index (χ0) is 20.1. The van der Waals surface area contributed by atoms with Crippen molar-refractivity contribution in [1.29, 1.82) is 0 Å². The Morgan fingerprint density at radius 2 is 1.93 bits per heavy atom. The number of likely N-dealkylation sites (N-methyl/N-ethyl adjacent to an activating group) is 1. The average Bonchev–Trinajstić information content (AvgIpc) is 2.72. The van der Waals surface area contributed by atoms with Crippen molar-refractivity contribution in [2.75, 3.05) is 52.3 Å². The molecule has 0 aliphatic carbocycles. The van der Waals surface area contributed by atoms with Crippen molar-refractivity contribution in [3.05, 3.63) is 46.6 Å². The lowest BCUT2D eigenvalue weighted by molar-refractivity contribution is 0.0950. The molecule has 2 aromatic rings. The third-order valence-corrected chi connectivity index (χ3v) is 5.07. The van der Waals surface area contributed by atoms with Crippen LogP contribution in [0.25, 0.3) is 0 Å². The largest absolute Gasteiger partial charge is 0.493 e. The Balaban J connectivity index is 1.66. The summed E-state index contributed by atoms with van der Waals surface area (Å²) < 4.78 is 10.5.